The van der Waals surface area contributed by atoms with E-state index in [4.69, 9.17) is 32.7 Å². The van der Waals surface area contributed by atoms with Crippen molar-refractivity contribution < 1.29 is 4.42 Å². The third kappa shape index (κ3) is 3.32. The van der Waals surface area contributed by atoms with Gasteiger partial charge < -0.3 is 4.42 Å². The van der Waals surface area contributed by atoms with Crippen molar-refractivity contribution in [2.75, 3.05) is 0 Å². The molecular weight excluding hydrogens is 419 g/mol. The average molecular weight is 439 g/mol. The third-order valence-electron chi connectivity index (χ3n) is 5.63. The molecule has 1 fully saturated rings. The lowest BCUT2D eigenvalue weighted by molar-refractivity contribution is 0.338. The van der Waals surface area contributed by atoms with Crippen LogP contribution in [0.5, 0.6) is 0 Å². The first-order chi connectivity index (χ1) is 14.7. The van der Waals surface area contributed by atoms with Crippen LogP contribution in [0.2, 0.25) is 10.0 Å². The number of benzene rings is 2. The smallest absolute Gasteiger partial charge is 0.268 e. The van der Waals surface area contributed by atoms with Crippen molar-refractivity contribution >= 4 is 23.2 Å². The van der Waals surface area contributed by atoms with Crippen molar-refractivity contribution in [3.05, 3.63) is 70.0 Å². The maximum Gasteiger partial charge on any atom is 0.268 e. The Kier molecular flexibility index (Phi) is 5.09. The van der Waals surface area contributed by atoms with E-state index in [1.54, 1.807) is 0 Å². The minimum Gasteiger partial charge on any atom is -0.419 e. The number of halogens is 2. The van der Waals surface area contributed by atoms with Crippen molar-refractivity contribution in [2.24, 2.45) is 0 Å². The van der Waals surface area contributed by atoms with Gasteiger partial charge in [-0.25, -0.2) is 4.68 Å². The van der Waals surface area contributed by atoms with Crippen LogP contribution in [0.25, 0.3) is 28.5 Å². The van der Waals surface area contributed by atoms with Crippen LogP contribution >= 0.6 is 23.2 Å². The van der Waals surface area contributed by atoms with Gasteiger partial charge in [0.1, 0.15) is 0 Å². The van der Waals surface area contributed by atoms with E-state index in [9.17, 15) is 0 Å². The lowest BCUT2D eigenvalue weighted by atomic mass is 9.85. The molecule has 0 N–H and O–H groups in total. The Balaban J connectivity index is 1.72. The van der Waals surface area contributed by atoms with Crippen LogP contribution in [0.1, 0.15) is 43.6 Å². The van der Waals surface area contributed by atoms with Gasteiger partial charge in [-0.05, 0) is 43.5 Å². The Morgan fingerprint density at radius 3 is 2.47 bits per heavy atom. The van der Waals surface area contributed by atoms with E-state index in [-0.39, 0.29) is 0 Å². The zero-order chi connectivity index (χ0) is 20.7. The van der Waals surface area contributed by atoms with Crippen LogP contribution in [0.15, 0.2) is 52.9 Å². The van der Waals surface area contributed by atoms with Gasteiger partial charge in [-0.15, -0.1) is 10.2 Å². The largest absolute Gasteiger partial charge is 0.419 e. The average Bonchev–Trinajstić information content (AvgIpc) is 3.32. The maximum atomic E-state index is 6.53. The molecule has 2 heterocycles. The first-order valence-corrected chi connectivity index (χ1v) is 10.9. The van der Waals surface area contributed by atoms with Gasteiger partial charge in [-0.1, -0.05) is 60.8 Å². The van der Waals surface area contributed by atoms with Gasteiger partial charge in [0.2, 0.25) is 5.89 Å². The van der Waals surface area contributed by atoms with Crippen LogP contribution in [-0.4, -0.2) is 20.0 Å². The van der Waals surface area contributed by atoms with Gasteiger partial charge in [-0.2, -0.15) is 5.10 Å². The van der Waals surface area contributed by atoms with Crippen LogP contribution < -0.4 is 0 Å². The monoisotopic (exact) mass is 438 g/mol. The third-order valence-corrected chi connectivity index (χ3v) is 6.20. The molecule has 0 radical (unpaired) electrons. The number of para-hydroxylation sites is 1. The summed E-state index contributed by atoms with van der Waals surface area (Å²) < 4.78 is 7.92. The quantitative estimate of drug-likeness (QED) is 0.346. The first-order valence-electron chi connectivity index (χ1n) is 10.1. The van der Waals surface area contributed by atoms with Crippen molar-refractivity contribution in [3.8, 4) is 28.5 Å². The van der Waals surface area contributed by atoms with Crippen molar-refractivity contribution in [1.82, 2.24) is 20.0 Å². The second kappa shape index (κ2) is 7.89. The summed E-state index contributed by atoms with van der Waals surface area (Å²) in [7, 11) is 0. The zero-order valence-corrected chi connectivity index (χ0v) is 18.0. The standard InChI is InChI=1S/C23H20Cl2N4O/c1-2-17-20(23-27-26-22(30-23)15-6-5-7-15)28-29(19-9-4-3-8-18(19)25)21(17)14-10-12-16(24)13-11-14/h3-4,8-13,15H,2,5-7H2,1H3. The Hall–Kier alpha value is -2.63. The zero-order valence-electron chi connectivity index (χ0n) is 16.5. The van der Waals surface area contributed by atoms with Crippen LogP contribution in [0.4, 0.5) is 0 Å². The molecule has 0 atom stereocenters. The molecule has 4 aromatic rings. The minimum atomic E-state index is 0.373. The molecule has 5 rings (SSSR count). The fraction of sp³-hybridized carbons (Fsp3) is 0.261. The summed E-state index contributed by atoms with van der Waals surface area (Å²) in [4.78, 5) is 0. The molecule has 152 valence electrons. The molecule has 1 saturated carbocycles. The van der Waals surface area contributed by atoms with Gasteiger partial charge in [0.25, 0.3) is 5.89 Å². The highest BCUT2D eigenvalue weighted by atomic mass is 35.5. The van der Waals surface area contributed by atoms with Gasteiger partial charge in [0, 0.05) is 22.1 Å². The fourth-order valence-corrected chi connectivity index (χ4v) is 4.15. The van der Waals surface area contributed by atoms with Crippen LogP contribution in [0.3, 0.4) is 0 Å². The van der Waals surface area contributed by atoms with E-state index >= 15 is 0 Å². The molecule has 1 aliphatic rings. The molecule has 0 aliphatic heterocycles. The van der Waals surface area contributed by atoms with E-state index in [0.29, 0.717) is 33.4 Å². The van der Waals surface area contributed by atoms with Crippen molar-refractivity contribution in [3.63, 3.8) is 0 Å². The molecule has 0 amide bonds. The fourth-order valence-electron chi connectivity index (χ4n) is 3.81. The second-order valence-corrected chi connectivity index (χ2v) is 8.32. The molecule has 1 aliphatic carbocycles. The summed E-state index contributed by atoms with van der Waals surface area (Å²) in [6, 6.07) is 15.4. The Labute approximate surface area is 184 Å². The molecule has 2 aromatic carbocycles. The lowest BCUT2D eigenvalue weighted by Crippen LogP contribution is -2.08. The van der Waals surface area contributed by atoms with Crippen molar-refractivity contribution in [1.29, 1.82) is 0 Å². The molecular formula is C23H20Cl2N4O. The summed E-state index contributed by atoms with van der Waals surface area (Å²) in [6.45, 7) is 2.10. The number of hydrogen-bond acceptors (Lipinski definition) is 4. The summed E-state index contributed by atoms with van der Waals surface area (Å²) in [5.74, 6) is 1.53. The molecule has 0 bridgehead atoms. The predicted octanol–water partition coefficient (Wildman–Crippen LogP) is 6.73. The van der Waals surface area contributed by atoms with E-state index in [1.807, 2.05) is 53.2 Å². The maximum absolute atomic E-state index is 6.53. The predicted molar refractivity (Wildman–Crippen MR) is 118 cm³/mol. The molecule has 5 nitrogen and oxygen atoms in total. The number of aromatic nitrogens is 4. The number of hydrogen-bond donors (Lipinski definition) is 0. The van der Waals surface area contributed by atoms with E-state index in [2.05, 4.69) is 17.1 Å². The van der Waals surface area contributed by atoms with E-state index in [1.165, 1.54) is 6.42 Å². The summed E-state index contributed by atoms with van der Waals surface area (Å²) in [5.41, 5.74) is 4.46. The summed E-state index contributed by atoms with van der Waals surface area (Å²) >= 11 is 12.7. The van der Waals surface area contributed by atoms with Gasteiger partial charge in [0.15, 0.2) is 5.69 Å². The summed E-state index contributed by atoms with van der Waals surface area (Å²) in [6.07, 6.45) is 4.17. The molecule has 30 heavy (non-hydrogen) atoms. The molecule has 2 aromatic heterocycles. The van der Waals surface area contributed by atoms with Gasteiger partial charge in [-0.3, -0.25) is 0 Å². The molecule has 0 saturated heterocycles. The Morgan fingerprint density at radius 2 is 1.80 bits per heavy atom. The number of rotatable bonds is 5. The van der Waals surface area contributed by atoms with Gasteiger partial charge >= 0.3 is 0 Å². The minimum absolute atomic E-state index is 0.373. The SMILES string of the molecule is CCc1c(-c2nnc(C3CCC3)o2)nn(-c2ccccc2Cl)c1-c1ccc(Cl)cc1. The molecule has 0 unspecified atom stereocenters. The van der Waals surface area contributed by atoms with Crippen LogP contribution in [0, 0.1) is 0 Å². The summed E-state index contributed by atoms with van der Waals surface area (Å²) in [5, 5.41) is 14.8. The van der Waals surface area contributed by atoms with Crippen LogP contribution in [-0.2, 0) is 6.42 Å². The Bertz CT molecular complexity index is 1190. The number of nitrogens with zero attached hydrogens (tertiary/aromatic N) is 4. The Morgan fingerprint density at radius 1 is 1.03 bits per heavy atom. The normalized spacial score (nSPS) is 14.1. The molecule has 0 spiro atoms. The lowest BCUT2D eigenvalue weighted by Gasteiger charge is -2.20. The van der Waals surface area contributed by atoms with Gasteiger partial charge in [0.05, 0.1) is 16.4 Å². The van der Waals surface area contributed by atoms with E-state index < -0.39 is 0 Å². The first kappa shape index (κ1) is 19.3. The van der Waals surface area contributed by atoms with Crippen molar-refractivity contribution in [2.45, 2.75) is 38.5 Å². The van der Waals surface area contributed by atoms with E-state index in [0.717, 1.165) is 41.8 Å². The highest BCUT2D eigenvalue weighted by Gasteiger charge is 2.28. The highest BCUT2D eigenvalue weighted by molar-refractivity contribution is 6.32. The molecule has 7 heteroatoms. The highest BCUT2D eigenvalue weighted by Crippen LogP contribution is 2.39. The topological polar surface area (TPSA) is 56.7 Å². The second-order valence-electron chi connectivity index (χ2n) is 7.47.